The van der Waals surface area contributed by atoms with Crippen molar-refractivity contribution >= 4 is 35.2 Å². The van der Waals surface area contributed by atoms with Gasteiger partial charge in [-0.2, -0.15) is 23.5 Å². The van der Waals surface area contributed by atoms with Gasteiger partial charge >= 0.3 is 0 Å². The lowest BCUT2D eigenvalue weighted by Crippen LogP contribution is -2.34. The van der Waals surface area contributed by atoms with Gasteiger partial charge in [0.25, 0.3) is 5.91 Å². The summed E-state index contributed by atoms with van der Waals surface area (Å²) in [6.45, 7) is 0.674. The number of thioether (sulfide) groups is 2. The standard InChI is InChI=1S/C10H14N4OS2/c11-9-5-12-4-8(14-9)10(15)13-3-7-6-16-1-2-17-7/h4-5,7H,1-3,6H2,(H2,11,14)(H,13,15). The van der Waals surface area contributed by atoms with Gasteiger partial charge in [-0.1, -0.05) is 0 Å². The minimum absolute atomic E-state index is 0.207. The smallest absolute Gasteiger partial charge is 0.271 e. The van der Waals surface area contributed by atoms with Crippen LogP contribution in [0.5, 0.6) is 0 Å². The molecule has 92 valence electrons. The Morgan fingerprint density at radius 3 is 3.12 bits per heavy atom. The highest BCUT2D eigenvalue weighted by Gasteiger charge is 2.16. The molecule has 1 unspecified atom stereocenters. The lowest BCUT2D eigenvalue weighted by atomic mass is 10.4. The number of hydrogen-bond donors (Lipinski definition) is 2. The number of hydrogen-bond acceptors (Lipinski definition) is 6. The molecule has 17 heavy (non-hydrogen) atoms. The van der Waals surface area contributed by atoms with Crippen molar-refractivity contribution in [3.05, 3.63) is 18.1 Å². The van der Waals surface area contributed by atoms with E-state index in [0.717, 1.165) is 11.5 Å². The van der Waals surface area contributed by atoms with Crippen LogP contribution < -0.4 is 11.1 Å². The number of nitrogen functional groups attached to an aromatic ring is 1. The van der Waals surface area contributed by atoms with Crippen LogP contribution >= 0.6 is 23.5 Å². The third kappa shape index (κ3) is 3.78. The van der Waals surface area contributed by atoms with Gasteiger partial charge in [-0.3, -0.25) is 9.78 Å². The Morgan fingerprint density at radius 2 is 2.41 bits per heavy atom. The van der Waals surface area contributed by atoms with Gasteiger partial charge in [-0.05, 0) is 0 Å². The van der Waals surface area contributed by atoms with Crippen molar-refractivity contribution in [1.82, 2.24) is 15.3 Å². The average molecular weight is 270 g/mol. The van der Waals surface area contributed by atoms with Crippen molar-refractivity contribution in [2.75, 3.05) is 29.5 Å². The topological polar surface area (TPSA) is 80.9 Å². The molecule has 1 saturated heterocycles. The molecular formula is C10H14N4OS2. The molecule has 7 heteroatoms. The van der Waals surface area contributed by atoms with E-state index >= 15 is 0 Å². The largest absolute Gasteiger partial charge is 0.382 e. The Morgan fingerprint density at radius 1 is 1.53 bits per heavy atom. The summed E-state index contributed by atoms with van der Waals surface area (Å²) >= 11 is 3.84. The quantitative estimate of drug-likeness (QED) is 0.839. The van der Waals surface area contributed by atoms with E-state index in [4.69, 9.17) is 5.73 Å². The van der Waals surface area contributed by atoms with Crippen molar-refractivity contribution in [3.63, 3.8) is 0 Å². The molecule has 1 fully saturated rings. The normalized spacial score (nSPS) is 19.9. The molecule has 1 amide bonds. The van der Waals surface area contributed by atoms with Crippen molar-refractivity contribution in [2.45, 2.75) is 5.25 Å². The Kier molecular flexibility index (Phi) is 4.49. The number of carbonyl (C=O) groups is 1. The highest BCUT2D eigenvalue weighted by molar-refractivity contribution is 8.06. The number of amides is 1. The summed E-state index contributed by atoms with van der Waals surface area (Å²) in [7, 11) is 0. The maximum absolute atomic E-state index is 11.8. The molecule has 0 spiro atoms. The van der Waals surface area contributed by atoms with Crippen molar-refractivity contribution in [2.24, 2.45) is 0 Å². The molecule has 1 aromatic heterocycles. The van der Waals surface area contributed by atoms with Gasteiger partial charge in [-0.15, -0.1) is 0 Å². The molecule has 0 bridgehead atoms. The molecule has 1 aromatic rings. The molecular weight excluding hydrogens is 256 g/mol. The fraction of sp³-hybridized carbons (Fsp3) is 0.500. The number of nitrogens with two attached hydrogens (primary N) is 1. The lowest BCUT2D eigenvalue weighted by molar-refractivity contribution is 0.0949. The molecule has 1 aliphatic heterocycles. The van der Waals surface area contributed by atoms with Gasteiger partial charge in [0.2, 0.25) is 0 Å². The van der Waals surface area contributed by atoms with E-state index < -0.39 is 0 Å². The van der Waals surface area contributed by atoms with Crippen LogP contribution in [-0.2, 0) is 0 Å². The summed E-state index contributed by atoms with van der Waals surface area (Å²) in [5, 5.41) is 3.36. The first kappa shape index (κ1) is 12.5. The molecule has 0 radical (unpaired) electrons. The van der Waals surface area contributed by atoms with E-state index in [-0.39, 0.29) is 17.4 Å². The van der Waals surface area contributed by atoms with Gasteiger partial charge in [-0.25, -0.2) is 4.98 Å². The second kappa shape index (κ2) is 6.11. The van der Waals surface area contributed by atoms with Crippen LogP contribution in [0.15, 0.2) is 12.4 Å². The van der Waals surface area contributed by atoms with Crippen LogP contribution in [0, 0.1) is 0 Å². The van der Waals surface area contributed by atoms with Crippen LogP contribution in [0.1, 0.15) is 10.5 Å². The molecule has 3 N–H and O–H groups in total. The maximum Gasteiger partial charge on any atom is 0.271 e. The molecule has 5 nitrogen and oxygen atoms in total. The first-order valence-electron chi connectivity index (χ1n) is 5.31. The molecule has 2 heterocycles. The van der Waals surface area contributed by atoms with Gasteiger partial charge in [0.05, 0.1) is 12.4 Å². The predicted octanol–water partition coefficient (Wildman–Crippen LogP) is 0.637. The summed E-state index contributed by atoms with van der Waals surface area (Å²) in [5.74, 6) is 3.51. The molecule has 0 saturated carbocycles. The van der Waals surface area contributed by atoms with Gasteiger partial charge in [0.15, 0.2) is 0 Å². The van der Waals surface area contributed by atoms with E-state index in [1.165, 1.54) is 18.1 Å². The highest BCUT2D eigenvalue weighted by Crippen LogP contribution is 2.23. The van der Waals surface area contributed by atoms with Crippen LogP contribution in [0.2, 0.25) is 0 Å². The SMILES string of the molecule is Nc1cncc(C(=O)NCC2CSCCS2)n1. The number of nitrogens with zero attached hydrogens (tertiary/aromatic N) is 2. The summed E-state index contributed by atoms with van der Waals surface area (Å²) < 4.78 is 0. The fourth-order valence-corrected chi connectivity index (χ4v) is 4.05. The Bertz CT molecular complexity index is 396. The van der Waals surface area contributed by atoms with E-state index in [1.54, 1.807) is 0 Å². The van der Waals surface area contributed by atoms with Crippen LogP contribution in [0.4, 0.5) is 5.82 Å². The number of nitrogens with one attached hydrogen (secondary N) is 1. The van der Waals surface area contributed by atoms with Crippen molar-refractivity contribution in [3.8, 4) is 0 Å². The number of aromatic nitrogens is 2. The number of carbonyl (C=O) groups excluding carboxylic acids is 1. The predicted molar refractivity (Wildman–Crippen MR) is 72.3 cm³/mol. The third-order valence-electron chi connectivity index (χ3n) is 2.26. The first-order valence-corrected chi connectivity index (χ1v) is 7.51. The Hall–Kier alpha value is -0.950. The van der Waals surface area contributed by atoms with E-state index in [2.05, 4.69) is 15.3 Å². The molecule has 2 rings (SSSR count). The van der Waals surface area contributed by atoms with E-state index in [9.17, 15) is 4.79 Å². The van der Waals surface area contributed by atoms with Crippen LogP contribution in [0.3, 0.4) is 0 Å². The summed E-state index contributed by atoms with van der Waals surface area (Å²) in [4.78, 5) is 19.5. The Balaban J connectivity index is 1.84. The molecule has 0 aliphatic carbocycles. The van der Waals surface area contributed by atoms with Gasteiger partial charge in [0.1, 0.15) is 11.5 Å². The summed E-state index contributed by atoms with van der Waals surface area (Å²) in [6, 6.07) is 0. The monoisotopic (exact) mass is 270 g/mol. The molecule has 1 atom stereocenters. The van der Waals surface area contributed by atoms with Crippen molar-refractivity contribution < 1.29 is 4.79 Å². The minimum Gasteiger partial charge on any atom is -0.382 e. The van der Waals surface area contributed by atoms with Crippen molar-refractivity contribution in [1.29, 1.82) is 0 Å². The first-order chi connectivity index (χ1) is 8.25. The third-order valence-corrected chi connectivity index (χ3v) is 5.11. The van der Waals surface area contributed by atoms with Crippen LogP contribution in [-0.4, -0.2) is 44.9 Å². The van der Waals surface area contributed by atoms with Gasteiger partial charge < -0.3 is 11.1 Å². The minimum atomic E-state index is -0.207. The molecule has 0 aromatic carbocycles. The second-order valence-corrected chi connectivity index (χ2v) is 6.16. The maximum atomic E-state index is 11.8. The van der Waals surface area contributed by atoms with E-state index in [0.29, 0.717) is 11.8 Å². The van der Waals surface area contributed by atoms with E-state index in [1.807, 2.05) is 23.5 Å². The van der Waals surface area contributed by atoms with Gasteiger partial charge in [0, 0.05) is 29.1 Å². The number of anilines is 1. The molecule has 1 aliphatic rings. The second-order valence-electron chi connectivity index (χ2n) is 3.61. The fourth-order valence-electron chi connectivity index (χ4n) is 1.44. The zero-order valence-corrected chi connectivity index (χ0v) is 10.9. The Labute approximate surface area is 108 Å². The lowest BCUT2D eigenvalue weighted by Gasteiger charge is -2.20. The zero-order valence-electron chi connectivity index (χ0n) is 9.26. The number of rotatable bonds is 3. The average Bonchev–Trinajstić information content (AvgIpc) is 2.37. The zero-order chi connectivity index (χ0) is 12.1. The van der Waals surface area contributed by atoms with Crippen LogP contribution in [0.25, 0.3) is 0 Å². The summed E-state index contributed by atoms with van der Waals surface area (Å²) in [6.07, 6.45) is 2.85. The summed E-state index contributed by atoms with van der Waals surface area (Å²) in [5.41, 5.74) is 5.75. The highest BCUT2D eigenvalue weighted by atomic mass is 32.2.